The second kappa shape index (κ2) is 12.8. The van der Waals surface area contributed by atoms with Crippen LogP contribution in [-0.4, -0.2) is 95.1 Å². The Labute approximate surface area is 256 Å². The van der Waals surface area contributed by atoms with E-state index in [1.807, 2.05) is 4.90 Å². The molecule has 4 atom stereocenters. The molecule has 4 heterocycles. The molecule has 4 aliphatic heterocycles. The summed E-state index contributed by atoms with van der Waals surface area (Å²) in [4.78, 5) is 20.9. The molecule has 0 radical (unpaired) electrons. The number of hydrogen-bond donors (Lipinski definition) is 0. The first kappa shape index (κ1) is 29.9. The van der Waals surface area contributed by atoms with Crippen molar-refractivity contribution < 1.29 is 28.5 Å². The molecule has 43 heavy (non-hydrogen) atoms. The highest BCUT2D eigenvalue weighted by atomic mass is 16.5. The molecule has 2 fully saturated rings. The van der Waals surface area contributed by atoms with Crippen LogP contribution in [0.1, 0.15) is 60.5 Å². The van der Waals surface area contributed by atoms with E-state index in [4.69, 9.17) is 23.7 Å². The molecule has 6 rings (SSSR count). The lowest BCUT2D eigenvalue weighted by Gasteiger charge is -2.49. The predicted octanol–water partition coefficient (Wildman–Crippen LogP) is 5.11. The third kappa shape index (κ3) is 5.62. The van der Waals surface area contributed by atoms with E-state index >= 15 is 0 Å². The Balaban J connectivity index is 1.35. The van der Waals surface area contributed by atoms with Gasteiger partial charge in [-0.1, -0.05) is 13.3 Å². The van der Waals surface area contributed by atoms with Crippen LogP contribution >= 0.6 is 0 Å². The molecule has 234 valence electrons. The smallest absolute Gasteiger partial charge is 0.320 e. The zero-order valence-electron chi connectivity index (χ0n) is 26.4. The van der Waals surface area contributed by atoms with Crippen molar-refractivity contribution in [2.24, 2.45) is 11.8 Å². The average Bonchev–Trinajstić information content (AvgIpc) is 3.06. The van der Waals surface area contributed by atoms with Crippen molar-refractivity contribution in [3.63, 3.8) is 0 Å². The van der Waals surface area contributed by atoms with Crippen LogP contribution in [0.15, 0.2) is 24.3 Å². The van der Waals surface area contributed by atoms with Crippen molar-refractivity contribution in [1.82, 2.24) is 14.7 Å². The highest BCUT2D eigenvalue weighted by Crippen LogP contribution is 2.49. The van der Waals surface area contributed by atoms with Crippen LogP contribution in [0.4, 0.5) is 4.79 Å². The third-order valence-electron chi connectivity index (χ3n) is 10.4. The topological polar surface area (TPSA) is 72.9 Å². The molecule has 0 aromatic heterocycles. The normalized spacial score (nSPS) is 25.3. The number of carbonyl (C=O) groups excluding carboxylic acids is 1. The van der Waals surface area contributed by atoms with Gasteiger partial charge in [-0.2, -0.15) is 0 Å². The SMILES string of the molecule is CC[C@H]1CN2CCc3cc(OC)c(OC)cc3[C@@H]2C[C@@H]1C[C@@H]1c2cc(OC)c(OC)cc2CCN1C(=O)N1CCOCC1. The molecule has 0 bridgehead atoms. The number of carbonyl (C=O) groups is 1. The van der Waals surface area contributed by atoms with Crippen LogP contribution in [0.2, 0.25) is 0 Å². The minimum Gasteiger partial charge on any atom is -0.493 e. The maximum absolute atomic E-state index is 14.1. The second-order valence-corrected chi connectivity index (χ2v) is 12.3. The maximum atomic E-state index is 14.1. The standard InChI is InChI=1S/C34H47N3O6/c1-6-22-21-36-9-7-23-17-30(39-2)32(41-4)19-26(23)28(36)15-25(22)16-29-27-20-33(42-5)31(40-3)18-24(27)8-10-37(29)34(38)35-11-13-43-14-12-35/h17-20,22,25,28-29H,6-16,21H2,1-5H3/t22-,25+,28-,29+/m0/s1. The molecular weight excluding hydrogens is 546 g/mol. The van der Waals surface area contributed by atoms with Gasteiger partial charge in [0.05, 0.1) is 47.7 Å². The minimum atomic E-state index is -0.0297. The van der Waals surface area contributed by atoms with Crippen LogP contribution in [0.5, 0.6) is 23.0 Å². The first-order chi connectivity index (χ1) is 21.0. The van der Waals surface area contributed by atoms with E-state index in [1.54, 1.807) is 28.4 Å². The van der Waals surface area contributed by atoms with Gasteiger partial charge in [0.15, 0.2) is 23.0 Å². The molecule has 0 aliphatic carbocycles. The van der Waals surface area contributed by atoms with Crippen LogP contribution < -0.4 is 18.9 Å². The van der Waals surface area contributed by atoms with E-state index in [9.17, 15) is 4.79 Å². The Morgan fingerprint density at radius 2 is 1.37 bits per heavy atom. The van der Waals surface area contributed by atoms with Crippen LogP contribution in [0.3, 0.4) is 0 Å². The van der Waals surface area contributed by atoms with Crippen LogP contribution in [0.25, 0.3) is 0 Å². The summed E-state index contributed by atoms with van der Waals surface area (Å²) in [5.41, 5.74) is 5.16. The molecule has 2 aromatic rings. The Morgan fingerprint density at radius 3 is 2.00 bits per heavy atom. The molecule has 2 amide bonds. The summed E-state index contributed by atoms with van der Waals surface area (Å²) < 4.78 is 28.4. The summed E-state index contributed by atoms with van der Waals surface area (Å²) >= 11 is 0. The molecule has 0 saturated carbocycles. The zero-order chi connectivity index (χ0) is 30.1. The van der Waals surface area contributed by atoms with Gasteiger partial charge in [0, 0.05) is 38.8 Å². The van der Waals surface area contributed by atoms with Gasteiger partial charge in [-0.25, -0.2) is 4.79 Å². The summed E-state index contributed by atoms with van der Waals surface area (Å²) in [6.45, 7) is 7.62. The fourth-order valence-electron chi connectivity index (χ4n) is 7.99. The molecule has 2 saturated heterocycles. The summed E-state index contributed by atoms with van der Waals surface area (Å²) in [5, 5.41) is 0. The summed E-state index contributed by atoms with van der Waals surface area (Å²) in [7, 11) is 6.79. The Kier molecular flexibility index (Phi) is 8.91. The summed E-state index contributed by atoms with van der Waals surface area (Å²) in [5.74, 6) is 4.07. The highest BCUT2D eigenvalue weighted by Gasteiger charge is 2.42. The average molecular weight is 594 g/mol. The minimum absolute atomic E-state index is 0.0297. The van der Waals surface area contributed by atoms with E-state index in [0.29, 0.717) is 50.7 Å². The quantitative estimate of drug-likeness (QED) is 0.442. The number of benzene rings is 2. The molecule has 2 aromatic carbocycles. The molecule has 0 spiro atoms. The lowest BCUT2D eigenvalue weighted by Crippen LogP contribution is -2.52. The number of rotatable bonds is 7. The van der Waals surface area contributed by atoms with E-state index in [0.717, 1.165) is 68.2 Å². The lowest BCUT2D eigenvalue weighted by atomic mass is 9.72. The molecule has 9 nitrogen and oxygen atoms in total. The molecule has 4 aliphatic rings. The van der Waals surface area contributed by atoms with Crippen molar-refractivity contribution in [1.29, 1.82) is 0 Å². The summed E-state index contributed by atoms with van der Waals surface area (Å²) in [6.07, 6.45) is 4.92. The fraction of sp³-hybridized carbons (Fsp3) is 0.618. The van der Waals surface area contributed by atoms with Gasteiger partial charge in [0.25, 0.3) is 0 Å². The third-order valence-corrected chi connectivity index (χ3v) is 10.4. The van der Waals surface area contributed by atoms with Crippen LogP contribution in [-0.2, 0) is 17.6 Å². The Bertz CT molecular complexity index is 1310. The number of fused-ring (bicyclic) bond motifs is 4. The Hall–Kier alpha value is -3.17. The predicted molar refractivity (Wildman–Crippen MR) is 165 cm³/mol. The largest absolute Gasteiger partial charge is 0.493 e. The van der Waals surface area contributed by atoms with Gasteiger partial charge < -0.3 is 33.5 Å². The first-order valence-corrected chi connectivity index (χ1v) is 15.9. The van der Waals surface area contributed by atoms with E-state index in [-0.39, 0.29) is 12.1 Å². The lowest BCUT2D eigenvalue weighted by molar-refractivity contribution is 0.0220. The number of amides is 2. The number of ether oxygens (including phenoxy) is 5. The summed E-state index contributed by atoms with van der Waals surface area (Å²) in [6, 6.07) is 9.04. The van der Waals surface area contributed by atoms with Gasteiger partial charge in [-0.3, -0.25) is 4.90 Å². The Morgan fingerprint density at radius 1 is 0.791 bits per heavy atom. The molecule has 9 heteroatoms. The first-order valence-electron chi connectivity index (χ1n) is 15.9. The van der Waals surface area contributed by atoms with Crippen molar-refractivity contribution in [3.8, 4) is 23.0 Å². The maximum Gasteiger partial charge on any atom is 0.320 e. The molecular formula is C34H47N3O6. The molecule has 0 N–H and O–H groups in total. The second-order valence-electron chi connectivity index (χ2n) is 12.3. The number of hydrogen-bond acceptors (Lipinski definition) is 7. The monoisotopic (exact) mass is 593 g/mol. The molecule has 0 unspecified atom stereocenters. The van der Waals surface area contributed by atoms with E-state index in [2.05, 4.69) is 41.0 Å². The number of methoxy groups -OCH3 is 4. The number of nitrogens with zero attached hydrogens (tertiary/aromatic N) is 3. The zero-order valence-corrected chi connectivity index (χ0v) is 26.4. The number of piperidine rings is 1. The van der Waals surface area contributed by atoms with Crippen molar-refractivity contribution in [3.05, 3.63) is 46.5 Å². The number of urea groups is 1. The van der Waals surface area contributed by atoms with Crippen molar-refractivity contribution in [2.45, 2.75) is 51.1 Å². The van der Waals surface area contributed by atoms with Gasteiger partial charge in [-0.15, -0.1) is 0 Å². The van der Waals surface area contributed by atoms with Crippen molar-refractivity contribution >= 4 is 6.03 Å². The van der Waals surface area contributed by atoms with Gasteiger partial charge >= 0.3 is 6.03 Å². The van der Waals surface area contributed by atoms with Gasteiger partial charge in [-0.05, 0) is 84.0 Å². The van der Waals surface area contributed by atoms with E-state index in [1.165, 1.54) is 22.3 Å². The number of morpholine rings is 1. The van der Waals surface area contributed by atoms with Crippen LogP contribution in [0, 0.1) is 11.8 Å². The highest BCUT2D eigenvalue weighted by molar-refractivity contribution is 5.76. The van der Waals surface area contributed by atoms with Gasteiger partial charge in [0.1, 0.15) is 0 Å². The van der Waals surface area contributed by atoms with Gasteiger partial charge in [0.2, 0.25) is 0 Å². The van der Waals surface area contributed by atoms with E-state index < -0.39 is 0 Å². The fourth-order valence-corrected chi connectivity index (χ4v) is 7.99. The van der Waals surface area contributed by atoms with Crippen molar-refractivity contribution in [2.75, 3.05) is 74.4 Å².